The van der Waals surface area contributed by atoms with Gasteiger partial charge in [-0.05, 0) is 24.1 Å². The lowest BCUT2D eigenvalue weighted by Gasteiger charge is -2.19. The lowest BCUT2D eigenvalue weighted by atomic mass is 9.92. The van der Waals surface area contributed by atoms with Crippen LogP contribution in [0.1, 0.15) is 42.3 Å². The Morgan fingerprint density at radius 2 is 2.17 bits per heavy atom. The molecule has 0 fully saturated rings. The number of nitrogens with zero attached hydrogens (tertiary/aromatic N) is 2. The Morgan fingerprint density at radius 1 is 1.42 bits per heavy atom. The van der Waals surface area contributed by atoms with E-state index in [2.05, 4.69) is 11.6 Å². The van der Waals surface area contributed by atoms with E-state index in [0.717, 1.165) is 12.0 Å². The van der Waals surface area contributed by atoms with Gasteiger partial charge in [0.25, 0.3) is 0 Å². The Labute approximate surface area is 141 Å². The van der Waals surface area contributed by atoms with Crippen molar-refractivity contribution in [2.75, 3.05) is 0 Å². The van der Waals surface area contributed by atoms with Gasteiger partial charge < -0.3 is 10.2 Å². The van der Waals surface area contributed by atoms with Crippen LogP contribution in [0.4, 0.5) is 0 Å². The number of aliphatic hydroxyl groups is 1. The number of aromatic carboxylic acids is 1. The smallest absolute Gasteiger partial charge is 0.355 e. The zero-order valence-corrected chi connectivity index (χ0v) is 13.9. The van der Waals surface area contributed by atoms with Gasteiger partial charge in [-0.1, -0.05) is 50.8 Å². The average Bonchev–Trinajstić information content (AvgIpc) is 2.92. The normalized spacial score (nSPS) is 20.7. The molecule has 1 aromatic heterocycles. The molecule has 0 spiro atoms. The first-order chi connectivity index (χ1) is 11.5. The van der Waals surface area contributed by atoms with Gasteiger partial charge in [-0.2, -0.15) is 0 Å². The predicted molar refractivity (Wildman–Crippen MR) is 96.3 cm³/mol. The van der Waals surface area contributed by atoms with E-state index in [-0.39, 0.29) is 11.6 Å². The van der Waals surface area contributed by atoms with E-state index < -0.39 is 12.1 Å². The predicted octanol–water partition coefficient (Wildman–Crippen LogP) is 3.61. The molecule has 1 aliphatic carbocycles. The maximum absolute atomic E-state index is 11.6. The third-order valence-electron chi connectivity index (χ3n) is 3.83. The van der Waals surface area contributed by atoms with Crippen molar-refractivity contribution in [2.45, 2.75) is 26.4 Å². The number of allylic oxidation sites excluding steroid dienone is 3. The number of carboxylic acid groups (broad SMARTS) is 1. The van der Waals surface area contributed by atoms with E-state index in [1.807, 2.05) is 38.2 Å². The van der Waals surface area contributed by atoms with E-state index >= 15 is 0 Å². The highest BCUT2D eigenvalue weighted by atomic mass is 16.4. The second-order valence-corrected chi connectivity index (χ2v) is 5.56. The van der Waals surface area contributed by atoms with Gasteiger partial charge in [0.1, 0.15) is 5.82 Å². The van der Waals surface area contributed by atoms with E-state index in [1.54, 1.807) is 18.2 Å². The van der Waals surface area contributed by atoms with Crippen molar-refractivity contribution in [3.63, 3.8) is 0 Å². The molecule has 0 amide bonds. The summed E-state index contributed by atoms with van der Waals surface area (Å²) < 4.78 is 1.45. The first-order valence-electron chi connectivity index (χ1n) is 7.88. The molecule has 0 aliphatic heterocycles. The van der Waals surface area contributed by atoms with Crippen molar-refractivity contribution in [2.24, 2.45) is 5.92 Å². The summed E-state index contributed by atoms with van der Waals surface area (Å²) in [5.41, 5.74) is 1.10. The molecular formula is C19H22N2O3. The highest BCUT2D eigenvalue weighted by molar-refractivity contribution is 5.91. The van der Waals surface area contributed by atoms with Crippen LogP contribution in [-0.2, 0) is 0 Å². The molecule has 126 valence electrons. The lowest BCUT2D eigenvalue weighted by Crippen LogP contribution is -2.19. The molecule has 1 aliphatic rings. The molecule has 2 unspecified atom stereocenters. The van der Waals surface area contributed by atoms with Gasteiger partial charge in [-0.15, -0.1) is 0 Å². The van der Waals surface area contributed by atoms with Gasteiger partial charge >= 0.3 is 5.97 Å². The quantitative estimate of drug-likeness (QED) is 0.837. The highest BCUT2D eigenvalue weighted by Crippen LogP contribution is 2.22. The molecular weight excluding hydrogens is 304 g/mol. The fraction of sp³-hybridized carbons (Fsp3) is 0.263. The van der Waals surface area contributed by atoms with Crippen LogP contribution in [-0.4, -0.2) is 31.8 Å². The molecule has 2 atom stereocenters. The minimum absolute atomic E-state index is 0.0161. The Balaban J connectivity index is 2.44. The number of hydrogen-bond donors (Lipinski definition) is 2. The second-order valence-electron chi connectivity index (χ2n) is 5.56. The number of imidazole rings is 1. The van der Waals surface area contributed by atoms with Crippen LogP contribution in [0.25, 0.3) is 18.4 Å². The summed E-state index contributed by atoms with van der Waals surface area (Å²) in [5, 5.41) is 19.7. The van der Waals surface area contributed by atoms with Gasteiger partial charge in [0, 0.05) is 12.1 Å². The summed E-state index contributed by atoms with van der Waals surface area (Å²) >= 11 is 0. The van der Waals surface area contributed by atoms with Gasteiger partial charge in [-0.3, -0.25) is 4.57 Å². The van der Waals surface area contributed by atoms with Crippen molar-refractivity contribution in [3.05, 3.63) is 59.7 Å². The largest absolute Gasteiger partial charge is 0.476 e. The SMILES string of the molecule is C=Cn1c(C=CCC)nc(C=CC2=CC=CC(C)C2O)c1C(=O)O. The van der Waals surface area contributed by atoms with Crippen LogP contribution in [0.5, 0.6) is 0 Å². The zero-order valence-electron chi connectivity index (χ0n) is 13.9. The van der Waals surface area contributed by atoms with Crippen LogP contribution >= 0.6 is 0 Å². The van der Waals surface area contributed by atoms with Crippen LogP contribution in [0.3, 0.4) is 0 Å². The minimum Gasteiger partial charge on any atom is -0.476 e. The van der Waals surface area contributed by atoms with Crippen LogP contribution in [0.2, 0.25) is 0 Å². The maximum atomic E-state index is 11.6. The molecule has 2 rings (SSSR count). The van der Waals surface area contributed by atoms with Crippen LogP contribution in [0.15, 0.2) is 42.5 Å². The van der Waals surface area contributed by atoms with Gasteiger partial charge in [-0.25, -0.2) is 9.78 Å². The zero-order chi connectivity index (χ0) is 17.7. The molecule has 0 radical (unpaired) electrons. The molecule has 0 aromatic carbocycles. The number of carbonyl (C=O) groups is 1. The lowest BCUT2D eigenvalue weighted by molar-refractivity contribution is 0.0688. The van der Waals surface area contributed by atoms with Gasteiger partial charge in [0.05, 0.1) is 11.8 Å². The third-order valence-corrected chi connectivity index (χ3v) is 3.83. The van der Waals surface area contributed by atoms with E-state index in [4.69, 9.17) is 0 Å². The standard InChI is InChI=1S/C19H22N2O3/c1-4-6-10-16-20-15(17(19(23)24)21(16)5-2)12-11-14-9-7-8-13(3)18(14)22/h5-13,18,22H,2,4H2,1,3H3,(H,23,24). The van der Waals surface area contributed by atoms with Crippen molar-refractivity contribution in [3.8, 4) is 0 Å². The van der Waals surface area contributed by atoms with Crippen molar-refractivity contribution in [1.29, 1.82) is 0 Å². The molecule has 5 heteroatoms. The molecule has 0 bridgehead atoms. The van der Waals surface area contributed by atoms with Crippen molar-refractivity contribution >= 4 is 24.3 Å². The summed E-state index contributed by atoms with van der Waals surface area (Å²) in [5.74, 6) is -0.553. The first kappa shape index (κ1) is 17.7. The number of hydrogen-bond acceptors (Lipinski definition) is 3. The molecule has 1 heterocycles. The fourth-order valence-electron chi connectivity index (χ4n) is 2.50. The Morgan fingerprint density at radius 3 is 2.79 bits per heavy atom. The van der Waals surface area contributed by atoms with Crippen molar-refractivity contribution in [1.82, 2.24) is 9.55 Å². The first-order valence-corrected chi connectivity index (χ1v) is 7.88. The maximum Gasteiger partial charge on any atom is 0.355 e. The summed E-state index contributed by atoms with van der Waals surface area (Å²) in [4.78, 5) is 16.0. The summed E-state index contributed by atoms with van der Waals surface area (Å²) in [7, 11) is 0. The van der Waals surface area contributed by atoms with Gasteiger partial charge in [0.2, 0.25) is 0 Å². The molecule has 0 saturated heterocycles. The fourth-order valence-corrected chi connectivity index (χ4v) is 2.50. The molecule has 24 heavy (non-hydrogen) atoms. The Hall–Kier alpha value is -2.66. The van der Waals surface area contributed by atoms with Gasteiger partial charge in [0.15, 0.2) is 5.69 Å². The Kier molecular flexibility index (Phi) is 5.71. The van der Waals surface area contributed by atoms with Crippen LogP contribution < -0.4 is 0 Å². The molecule has 0 saturated carbocycles. The summed E-state index contributed by atoms with van der Waals surface area (Å²) in [6.07, 6.45) is 14.3. The number of rotatable bonds is 6. The molecule has 1 aromatic rings. The topological polar surface area (TPSA) is 75.3 Å². The number of aliphatic hydroxyl groups excluding tert-OH is 1. The molecule has 2 N–H and O–H groups in total. The van der Waals surface area contributed by atoms with Crippen molar-refractivity contribution < 1.29 is 15.0 Å². The minimum atomic E-state index is -1.08. The molecule has 5 nitrogen and oxygen atoms in total. The number of carboxylic acids is 1. The second kappa shape index (κ2) is 7.75. The summed E-state index contributed by atoms with van der Waals surface area (Å²) in [6, 6.07) is 0. The van der Waals surface area contributed by atoms with E-state index in [1.165, 1.54) is 10.8 Å². The van der Waals surface area contributed by atoms with E-state index in [9.17, 15) is 15.0 Å². The van der Waals surface area contributed by atoms with E-state index in [0.29, 0.717) is 11.5 Å². The van der Waals surface area contributed by atoms with Crippen LogP contribution in [0, 0.1) is 5.92 Å². The average molecular weight is 326 g/mol. The third kappa shape index (κ3) is 3.63. The Bertz CT molecular complexity index is 751. The highest BCUT2D eigenvalue weighted by Gasteiger charge is 2.20. The number of aromatic nitrogens is 2. The monoisotopic (exact) mass is 326 g/mol. The summed E-state index contributed by atoms with van der Waals surface area (Å²) in [6.45, 7) is 7.58.